The van der Waals surface area contributed by atoms with E-state index in [9.17, 15) is 4.79 Å². The Morgan fingerprint density at radius 2 is 1.91 bits per heavy atom. The van der Waals surface area contributed by atoms with Gasteiger partial charge in [-0.05, 0) is 72.3 Å². The van der Waals surface area contributed by atoms with Crippen LogP contribution >= 0.6 is 22.6 Å². The highest BCUT2D eigenvalue weighted by molar-refractivity contribution is 14.1. The number of hydrogen-bond donors (Lipinski definition) is 1. The number of anilines is 1. The average Bonchev–Trinajstić information content (AvgIpc) is 2.50. The number of benzene rings is 2. The highest BCUT2D eigenvalue weighted by atomic mass is 127. The average molecular weight is 411 g/mol. The molecule has 22 heavy (non-hydrogen) atoms. The van der Waals surface area contributed by atoms with E-state index in [-0.39, 0.29) is 5.91 Å². The highest BCUT2D eigenvalue weighted by Gasteiger charge is 2.16. The van der Waals surface area contributed by atoms with Crippen molar-refractivity contribution < 1.29 is 14.3 Å². The number of aryl methyl sites for hydroxylation is 1. The van der Waals surface area contributed by atoms with Crippen LogP contribution < -0.4 is 14.8 Å². The van der Waals surface area contributed by atoms with E-state index in [2.05, 4.69) is 27.9 Å². The first-order chi connectivity index (χ1) is 10.5. The second-order valence-electron chi connectivity index (χ2n) is 4.89. The summed E-state index contributed by atoms with van der Waals surface area (Å²) in [6, 6.07) is 13.1. The van der Waals surface area contributed by atoms with Gasteiger partial charge in [0.05, 0.1) is 7.11 Å². The number of carbonyl (C=O) groups is 1. The quantitative estimate of drug-likeness (QED) is 0.757. The van der Waals surface area contributed by atoms with Gasteiger partial charge in [0.1, 0.15) is 11.5 Å². The van der Waals surface area contributed by atoms with Crippen molar-refractivity contribution in [3.63, 3.8) is 0 Å². The van der Waals surface area contributed by atoms with Crippen LogP contribution in [0.15, 0.2) is 42.5 Å². The standard InChI is InChI=1S/C17H18INO3/c1-11-9-13(18)7-8-16(11)19-17(20)12(2)22-15-6-4-5-14(10-15)21-3/h4-10,12H,1-3H3,(H,19,20)/t12-/m1/s1. The zero-order chi connectivity index (χ0) is 16.1. The Morgan fingerprint density at radius 1 is 1.18 bits per heavy atom. The Bertz CT molecular complexity index is 673. The first kappa shape index (κ1) is 16.6. The molecule has 2 rings (SSSR count). The minimum absolute atomic E-state index is 0.188. The lowest BCUT2D eigenvalue weighted by Gasteiger charge is -2.16. The fraction of sp³-hybridized carbons (Fsp3) is 0.235. The second kappa shape index (κ2) is 7.49. The molecule has 0 heterocycles. The summed E-state index contributed by atoms with van der Waals surface area (Å²) in [6.45, 7) is 3.68. The molecule has 0 bridgehead atoms. The Hall–Kier alpha value is -1.76. The topological polar surface area (TPSA) is 47.6 Å². The molecule has 0 radical (unpaired) electrons. The number of amides is 1. The summed E-state index contributed by atoms with van der Waals surface area (Å²) < 4.78 is 11.9. The molecule has 0 aliphatic carbocycles. The Labute approximate surface area is 144 Å². The van der Waals surface area contributed by atoms with Crippen LogP contribution in [0.5, 0.6) is 11.5 Å². The molecule has 0 spiro atoms. The Kier molecular flexibility index (Phi) is 5.65. The van der Waals surface area contributed by atoms with Crippen molar-refractivity contribution in [3.8, 4) is 11.5 Å². The summed E-state index contributed by atoms with van der Waals surface area (Å²) in [5.74, 6) is 1.10. The molecule has 0 fully saturated rings. The lowest BCUT2D eigenvalue weighted by atomic mass is 10.2. The number of halogens is 1. The summed E-state index contributed by atoms with van der Waals surface area (Å²) >= 11 is 2.24. The van der Waals surface area contributed by atoms with Gasteiger partial charge in [-0.1, -0.05) is 6.07 Å². The SMILES string of the molecule is COc1cccc(O[C@H](C)C(=O)Nc2ccc(I)cc2C)c1. The van der Waals surface area contributed by atoms with Gasteiger partial charge in [-0.25, -0.2) is 0 Å². The van der Waals surface area contributed by atoms with Crippen LogP contribution in [0.1, 0.15) is 12.5 Å². The zero-order valence-electron chi connectivity index (χ0n) is 12.7. The first-order valence-electron chi connectivity index (χ1n) is 6.87. The van der Waals surface area contributed by atoms with Crippen LogP contribution in [0, 0.1) is 10.5 Å². The van der Waals surface area contributed by atoms with E-state index in [1.54, 1.807) is 26.2 Å². The summed E-state index contributed by atoms with van der Waals surface area (Å²) in [7, 11) is 1.59. The van der Waals surface area contributed by atoms with E-state index >= 15 is 0 Å². The fourth-order valence-corrected chi connectivity index (χ4v) is 2.58. The van der Waals surface area contributed by atoms with Gasteiger partial charge >= 0.3 is 0 Å². The molecule has 0 aromatic heterocycles. The van der Waals surface area contributed by atoms with Crippen LogP contribution in [0.2, 0.25) is 0 Å². The third-order valence-corrected chi connectivity index (χ3v) is 3.84. The predicted molar refractivity (Wildman–Crippen MR) is 95.6 cm³/mol. The van der Waals surface area contributed by atoms with E-state index in [4.69, 9.17) is 9.47 Å². The predicted octanol–water partition coefficient (Wildman–Crippen LogP) is 4.01. The molecule has 1 N–H and O–H groups in total. The van der Waals surface area contributed by atoms with Gasteiger partial charge in [-0.3, -0.25) is 4.79 Å². The second-order valence-corrected chi connectivity index (χ2v) is 6.13. The third-order valence-electron chi connectivity index (χ3n) is 3.17. The van der Waals surface area contributed by atoms with E-state index in [0.29, 0.717) is 11.5 Å². The number of hydrogen-bond acceptors (Lipinski definition) is 3. The molecule has 0 unspecified atom stereocenters. The highest BCUT2D eigenvalue weighted by Crippen LogP contribution is 2.21. The maximum absolute atomic E-state index is 12.2. The van der Waals surface area contributed by atoms with Gasteiger partial charge in [0.15, 0.2) is 6.10 Å². The number of rotatable bonds is 5. The molecule has 0 aliphatic rings. The van der Waals surface area contributed by atoms with Crippen molar-refractivity contribution in [2.75, 3.05) is 12.4 Å². The van der Waals surface area contributed by atoms with E-state index in [1.165, 1.54) is 0 Å². The van der Waals surface area contributed by atoms with Gasteiger partial charge in [-0.2, -0.15) is 0 Å². The van der Waals surface area contributed by atoms with Crippen LogP contribution in [-0.4, -0.2) is 19.1 Å². The minimum Gasteiger partial charge on any atom is -0.497 e. The lowest BCUT2D eigenvalue weighted by Crippen LogP contribution is -2.30. The third kappa shape index (κ3) is 4.37. The van der Waals surface area contributed by atoms with E-state index in [0.717, 1.165) is 14.8 Å². The van der Waals surface area contributed by atoms with Gasteiger partial charge in [0, 0.05) is 15.3 Å². The van der Waals surface area contributed by atoms with Crippen molar-refractivity contribution in [1.82, 2.24) is 0 Å². The normalized spacial score (nSPS) is 11.6. The van der Waals surface area contributed by atoms with E-state index < -0.39 is 6.10 Å². The zero-order valence-corrected chi connectivity index (χ0v) is 14.9. The number of ether oxygens (including phenoxy) is 2. The molecule has 1 amide bonds. The van der Waals surface area contributed by atoms with Crippen LogP contribution in [0.25, 0.3) is 0 Å². The number of methoxy groups -OCH3 is 1. The van der Waals surface area contributed by atoms with Gasteiger partial charge in [-0.15, -0.1) is 0 Å². The number of nitrogens with one attached hydrogen (secondary N) is 1. The van der Waals surface area contributed by atoms with E-state index in [1.807, 2.05) is 37.3 Å². The fourth-order valence-electron chi connectivity index (χ4n) is 1.93. The van der Waals surface area contributed by atoms with Gasteiger partial charge in [0.2, 0.25) is 0 Å². The Balaban J connectivity index is 2.02. The Morgan fingerprint density at radius 3 is 2.59 bits per heavy atom. The number of carbonyl (C=O) groups excluding carboxylic acids is 1. The van der Waals surface area contributed by atoms with Crippen LogP contribution in [0.3, 0.4) is 0 Å². The summed E-state index contributed by atoms with van der Waals surface area (Å²) in [4.78, 5) is 12.2. The van der Waals surface area contributed by atoms with Crippen LogP contribution in [0.4, 0.5) is 5.69 Å². The lowest BCUT2D eigenvalue weighted by molar-refractivity contribution is -0.122. The summed E-state index contributed by atoms with van der Waals surface area (Å²) in [5.41, 5.74) is 1.82. The van der Waals surface area contributed by atoms with Crippen LogP contribution in [-0.2, 0) is 4.79 Å². The molecule has 4 nitrogen and oxygen atoms in total. The van der Waals surface area contributed by atoms with Crippen molar-refractivity contribution in [2.45, 2.75) is 20.0 Å². The van der Waals surface area contributed by atoms with Crippen molar-refractivity contribution in [1.29, 1.82) is 0 Å². The van der Waals surface area contributed by atoms with Gasteiger partial charge < -0.3 is 14.8 Å². The molecule has 1 atom stereocenters. The molecular formula is C17H18INO3. The monoisotopic (exact) mass is 411 g/mol. The molecule has 2 aromatic carbocycles. The molecule has 5 heteroatoms. The molecular weight excluding hydrogens is 393 g/mol. The van der Waals surface area contributed by atoms with Crippen molar-refractivity contribution in [3.05, 3.63) is 51.6 Å². The molecule has 116 valence electrons. The van der Waals surface area contributed by atoms with Crippen molar-refractivity contribution >= 4 is 34.2 Å². The molecule has 0 aliphatic heterocycles. The maximum atomic E-state index is 12.2. The summed E-state index contributed by atoms with van der Waals surface area (Å²) in [5, 5.41) is 2.89. The smallest absolute Gasteiger partial charge is 0.265 e. The summed E-state index contributed by atoms with van der Waals surface area (Å²) in [6.07, 6.45) is -0.606. The van der Waals surface area contributed by atoms with Crippen molar-refractivity contribution in [2.24, 2.45) is 0 Å². The first-order valence-corrected chi connectivity index (χ1v) is 7.95. The molecule has 2 aromatic rings. The van der Waals surface area contributed by atoms with Gasteiger partial charge in [0.25, 0.3) is 5.91 Å². The molecule has 0 saturated heterocycles. The maximum Gasteiger partial charge on any atom is 0.265 e. The minimum atomic E-state index is -0.606. The largest absolute Gasteiger partial charge is 0.497 e. The molecule has 0 saturated carbocycles.